The number of anilines is 1. The normalized spacial score (nSPS) is 10.9. The van der Waals surface area contributed by atoms with Crippen molar-refractivity contribution < 1.29 is 4.39 Å². The van der Waals surface area contributed by atoms with Gasteiger partial charge in [-0.3, -0.25) is 9.38 Å². The van der Waals surface area contributed by atoms with Crippen LogP contribution in [0.1, 0.15) is 0 Å². The standard InChI is InChI=1S/C11H8FN5/c12-9-2-1-7(13)5-8(9)11-16-15-10-6-14-3-4-17(10)11/h1-6H,13H2. The highest BCUT2D eigenvalue weighted by Crippen LogP contribution is 2.23. The zero-order valence-electron chi connectivity index (χ0n) is 8.71. The average Bonchev–Trinajstić information content (AvgIpc) is 2.76. The molecule has 5 nitrogen and oxygen atoms in total. The van der Waals surface area contributed by atoms with Gasteiger partial charge in [-0.1, -0.05) is 0 Å². The van der Waals surface area contributed by atoms with Gasteiger partial charge < -0.3 is 5.73 Å². The van der Waals surface area contributed by atoms with Gasteiger partial charge >= 0.3 is 0 Å². The Balaban J connectivity index is 2.31. The van der Waals surface area contributed by atoms with Crippen molar-refractivity contribution in [3.05, 3.63) is 42.6 Å². The molecule has 0 amide bonds. The number of rotatable bonds is 1. The number of nitrogen functional groups attached to an aromatic ring is 1. The van der Waals surface area contributed by atoms with Gasteiger partial charge in [0.05, 0.1) is 11.8 Å². The molecule has 3 aromatic rings. The lowest BCUT2D eigenvalue weighted by Gasteiger charge is -2.02. The van der Waals surface area contributed by atoms with Gasteiger partial charge in [-0.25, -0.2) is 4.39 Å². The molecule has 0 aliphatic heterocycles. The fourth-order valence-electron chi connectivity index (χ4n) is 1.65. The van der Waals surface area contributed by atoms with Gasteiger partial charge in [0.15, 0.2) is 11.5 Å². The molecule has 0 fully saturated rings. The Morgan fingerprint density at radius 3 is 3.00 bits per heavy atom. The number of hydrogen-bond acceptors (Lipinski definition) is 4. The molecule has 0 aliphatic carbocycles. The Kier molecular flexibility index (Phi) is 2.01. The van der Waals surface area contributed by atoms with Crippen molar-refractivity contribution in [1.82, 2.24) is 19.6 Å². The van der Waals surface area contributed by atoms with Gasteiger partial charge in [-0.2, -0.15) is 0 Å². The van der Waals surface area contributed by atoms with Crippen LogP contribution >= 0.6 is 0 Å². The number of nitrogens with zero attached hydrogens (tertiary/aromatic N) is 4. The molecule has 0 radical (unpaired) electrons. The highest BCUT2D eigenvalue weighted by atomic mass is 19.1. The molecule has 0 saturated carbocycles. The first-order valence-electron chi connectivity index (χ1n) is 4.96. The quantitative estimate of drug-likeness (QED) is 0.642. The number of hydrogen-bond donors (Lipinski definition) is 1. The van der Waals surface area contributed by atoms with Gasteiger partial charge in [0, 0.05) is 18.1 Å². The third-order valence-corrected chi connectivity index (χ3v) is 2.45. The Morgan fingerprint density at radius 2 is 2.12 bits per heavy atom. The number of aromatic nitrogens is 4. The molecule has 6 heteroatoms. The summed E-state index contributed by atoms with van der Waals surface area (Å²) in [5.74, 6) is 0.0255. The highest BCUT2D eigenvalue weighted by Gasteiger charge is 2.12. The minimum Gasteiger partial charge on any atom is -0.399 e. The van der Waals surface area contributed by atoms with E-state index in [1.165, 1.54) is 18.2 Å². The molecule has 2 N–H and O–H groups in total. The van der Waals surface area contributed by atoms with Crippen LogP contribution in [0, 0.1) is 5.82 Å². The number of fused-ring (bicyclic) bond motifs is 1. The van der Waals surface area contributed by atoms with Crippen molar-refractivity contribution in [1.29, 1.82) is 0 Å². The lowest BCUT2D eigenvalue weighted by Crippen LogP contribution is -1.94. The highest BCUT2D eigenvalue weighted by molar-refractivity contribution is 5.64. The molecule has 0 atom stereocenters. The van der Waals surface area contributed by atoms with Crippen LogP contribution in [0.5, 0.6) is 0 Å². The molecule has 0 spiro atoms. The fraction of sp³-hybridized carbons (Fsp3) is 0. The summed E-state index contributed by atoms with van der Waals surface area (Å²) in [6.07, 6.45) is 4.82. The topological polar surface area (TPSA) is 69.1 Å². The van der Waals surface area contributed by atoms with E-state index in [0.717, 1.165) is 0 Å². The maximum absolute atomic E-state index is 13.7. The molecule has 0 saturated heterocycles. The zero-order chi connectivity index (χ0) is 11.8. The van der Waals surface area contributed by atoms with E-state index in [0.29, 0.717) is 22.7 Å². The van der Waals surface area contributed by atoms with E-state index in [-0.39, 0.29) is 5.82 Å². The molecule has 2 aromatic heterocycles. The third-order valence-electron chi connectivity index (χ3n) is 2.45. The van der Waals surface area contributed by atoms with E-state index >= 15 is 0 Å². The van der Waals surface area contributed by atoms with E-state index in [4.69, 9.17) is 5.73 Å². The number of nitrogens with two attached hydrogens (primary N) is 1. The molecule has 0 bridgehead atoms. The number of halogens is 1. The first-order valence-corrected chi connectivity index (χ1v) is 4.96. The first kappa shape index (κ1) is 9.71. The maximum Gasteiger partial charge on any atom is 0.179 e. The first-order chi connectivity index (χ1) is 8.25. The number of benzene rings is 1. The van der Waals surface area contributed by atoms with Crippen molar-refractivity contribution in [3.8, 4) is 11.4 Å². The van der Waals surface area contributed by atoms with E-state index in [1.54, 1.807) is 23.0 Å². The minimum atomic E-state index is -0.384. The summed E-state index contributed by atoms with van der Waals surface area (Å²) in [6.45, 7) is 0. The maximum atomic E-state index is 13.7. The predicted octanol–water partition coefficient (Wildman–Crippen LogP) is 1.51. The van der Waals surface area contributed by atoms with Gasteiger partial charge in [0.1, 0.15) is 5.82 Å². The summed E-state index contributed by atoms with van der Waals surface area (Å²) in [5, 5.41) is 7.85. The molecule has 84 valence electrons. The monoisotopic (exact) mass is 229 g/mol. The Labute approximate surface area is 95.7 Å². The largest absolute Gasteiger partial charge is 0.399 e. The molecule has 17 heavy (non-hydrogen) atoms. The second kappa shape index (κ2) is 3.51. The summed E-state index contributed by atoms with van der Waals surface area (Å²) in [7, 11) is 0. The van der Waals surface area contributed by atoms with Crippen LogP contribution < -0.4 is 5.73 Å². The van der Waals surface area contributed by atoms with Crippen molar-refractivity contribution >= 4 is 11.3 Å². The van der Waals surface area contributed by atoms with Crippen LogP contribution in [0.2, 0.25) is 0 Å². The molecular weight excluding hydrogens is 221 g/mol. The van der Waals surface area contributed by atoms with Crippen LogP contribution in [0.3, 0.4) is 0 Å². The van der Waals surface area contributed by atoms with Crippen molar-refractivity contribution in [2.24, 2.45) is 0 Å². The fourth-order valence-corrected chi connectivity index (χ4v) is 1.65. The van der Waals surface area contributed by atoms with Crippen LogP contribution in [0.15, 0.2) is 36.8 Å². The van der Waals surface area contributed by atoms with E-state index in [2.05, 4.69) is 15.2 Å². The van der Waals surface area contributed by atoms with Gasteiger partial charge in [0.25, 0.3) is 0 Å². The summed E-state index contributed by atoms with van der Waals surface area (Å²) >= 11 is 0. The zero-order valence-corrected chi connectivity index (χ0v) is 8.71. The molecular formula is C11H8FN5. The third kappa shape index (κ3) is 1.50. The summed E-state index contributed by atoms with van der Waals surface area (Å²) in [5.41, 5.74) is 7.00. The second-order valence-electron chi connectivity index (χ2n) is 3.57. The molecule has 1 aromatic carbocycles. The van der Waals surface area contributed by atoms with Crippen LogP contribution in [-0.2, 0) is 0 Å². The summed E-state index contributed by atoms with van der Waals surface area (Å²) < 4.78 is 15.4. The molecule has 0 unspecified atom stereocenters. The van der Waals surface area contributed by atoms with Gasteiger partial charge in [0.2, 0.25) is 0 Å². The van der Waals surface area contributed by atoms with Crippen molar-refractivity contribution in [2.75, 3.05) is 5.73 Å². The Morgan fingerprint density at radius 1 is 1.24 bits per heavy atom. The van der Waals surface area contributed by atoms with Crippen LogP contribution in [-0.4, -0.2) is 19.6 Å². The van der Waals surface area contributed by atoms with E-state index in [9.17, 15) is 4.39 Å². The smallest absolute Gasteiger partial charge is 0.179 e. The minimum absolute atomic E-state index is 0.323. The Bertz CT molecular complexity index is 691. The SMILES string of the molecule is Nc1ccc(F)c(-c2nnc3cnccn23)c1. The lowest BCUT2D eigenvalue weighted by molar-refractivity contribution is 0.630. The van der Waals surface area contributed by atoms with E-state index in [1.807, 2.05) is 0 Å². The Hall–Kier alpha value is -2.50. The predicted molar refractivity (Wildman–Crippen MR) is 60.6 cm³/mol. The second-order valence-corrected chi connectivity index (χ2v) is 3.57. The molecule has 0 aliphatic rings. The van der Waals surface area contributed by atoms with Gasteiger partial charge in [-0.05, 0) is 18.2 Å². The van der Waals surface area contributed by atoms with Crippen molar-refractivity contribution in [3.63, 3.8) is 0 Å². The average molecular weight is 229 g/mol. The molecule has 2 heterocycles. The lowest BCUT2D eigenvalue weighted by atomic mass is 10.2. The summed E-state index contributed by atoms with van der Waals surface area (Å²) in [4.78, 5) is 3.92. The van der Waals surface area contributed by atoms with Crippen LogP contribution in [0.4, 0.5) is 10.1 Å². The van der Waals surface area contributed by atoms with E-state index < -0.39 is 0 Å². The van der Waals surface area contributed by atoms with Crippen molar-refractivity contribution in [2.45, 2.75) is 0 Å². The summed E-state index contributed by atoms with van der Waals surface area (Å²) in [6, 6.07) is 4.35. The van der Waals surface area contributed by atoms with Crippen LogP contribution in [0.25, 0.3) is 17.0 Å². The van der Waals surface area contributed by atoms with Gasteiger partial charge in [-0.15, -0.1) is 10.2 Å². The molecule has 3 rings (SSSR count).